The third kappa shape index (κ3) is 3.76. The molecule has 1 saturated heterocycles. The summed E-state index contributed by atoms with van der Waals surface area (Å²) in [5.41, 5.74) is 3.73. The second kappa shape index (κ2) is 8.21. The van der Waals surface area contributed by atoms with Gasteiger partial charge in [-0.25, -0.2) is 9.97 Å². The second-order valence-electron chi connectivity index (χ2n) is 8.65. The van der Waals surface area contributed by atoms with Crippen molar-refractivity contribution in [1.29, 1.82) is 0 Å². The van der Waals surface area contributed by atoms with Gasteiger partial charge in [0.15, 0.2) is 0 Å². The first kappa shape index (κ1) is 19.3. The van der Waals surface area contributed by atoms with E-state index in [9.17, 15) is 0 Å². The first-order chi connectivity index (χ1) is 14.2. The predicted molar refractivity (Wildman–Crippen MR) is 117 cm³/mol. The monoisotopic (exact) mass is 411 g/mol. The highest BCUT2D eigenvalue weighted by molar-refractivity contribution is 6.31. The molecule has 154 valence electrons. The van der Waals surface area contributed by atoms with Gasteiger partial charge in [0.25, 0.3) is 0 Å². The number of fused-ring (bicyclic) bond motifs is 1. The zero-order valence-corrected chi connectivity index (χ0v) is 18.0. The average Bonchev–Trinajstić information content (AvgIpc) is 2.72. The molecule has 5 nitrogen and oxygen atoms in total. The molecular formula is C23H30ClN5. The number of aromatic nitrogens is 2. The lowest BCUT2D eigenvalue weighted by Gasteiger charge is -2.44. The average molecular weight is 412 g/mol. The lowest BCUT2D eigenvalue weighted by atomic mass is 9.91. The van der Waals surface area contributed by atoms with Crippen LogP contribution < -0.4 is 4.90 Å². The molecule has 0 radical (unpaired) electrons. The van der Waals surface area contributed by atoms with Crippen LogP contribution in [-0.2, 0) is 13.0 Å². The summed E-state index contributed by atoms with van der Waals surface area (Å²) in [6.07, 6.45) is 6.96. The number of rotatable bonds is 4. The summed E-state index contributed by atoms with van der Waals surface area (Å²) in [5, 5.41) is 0.846. The molecule has 1 aromatic heterocycles. The highest BCUT2D eigenvalue weighted by atomic mass is 35.5. The number of anilines is 1. The Morgan fingerprint density at radius 3 is 2.55 bits per heavy atom. The minimum Gasteiger partial charge on any atom is -0.354 e. The quantitative estimate of drug-likeness (QED) is 0.761. The topological polar surface area (TPSA) is 35.5 Å². The van der Waals surface area contributed by atoms with Crippen LogP contribution in [-0.4, -0.2) is 58.5 Å². The van der Waals surface area contributed by atoms with Crippen molar-refractivity contribution < 1.29 is 0 Å². The van der Waals surface area contributed by atoms with Gasteiger partial charge in [0.1, 0.15) is 12.1 Å². The Hall–Kier alpha value is -1.69. The normalized spacial score (nSPS) is 22.2. The van der Waals surface area contributed by atoms with Crippen LogP contribution in [0.25, 0.3) is 0 Å². The van der Waals surface area contributed by atoms with Crippen molar-refractivity contribution in [2.24, 2.45) is 0 Å². The highest BCUT2D eigenvalue weighted by Crippen LogP contribution is 2.33. The van der Waals surface area contributed by atoms with Crippen LogP contribution in [0.3, 0.4) is 0 Å². The molecule has 5 rings (SSSR count). The van der Waals surface area contributed by atoms with Gasteiger partial charge in [0.2, 0.25) is 0 Å². The zero-order chi connectivity index (χ0) is 19.8. The van der Waals surface area contributed by atoms with Crippen molar-refractivity contribution in [3.63, 3.8) is 0 Å². The van der Waals surface area contributed by atoms with Crippen molar-refractivity contribution in [2.75, 3.05) is 37.6 Å². The molecule has 6 heteroatoms. The Morgan fingerprint density at radius 1 is 1.03 bits per heavy atom. The number of piperazine rings is 1. The van der Waals surface area contributed by atoms with Gasteiger partial charge in [0, 0.05) is 61.9 Å². The molecule has 0 bridgehead atoms. The van der Waals surface area contributed by atoms with Crippen LogP contribution in [0.1, 0.15) is 49.0 Å². The molecule has 2 aromatic rings. The Morgan fingerprint density at radius 2 is 1.83 bits per heavy atom. The Balaban J connectivity index is 1.30. The van der Waals surface area contributed by atoms with E-state index >= 15 is 0 Å². The number of benzene rings is 1. The molecule has 1 atom stereocenters. The smallest absolute Gasteiger partial charge is 0.135 e. The number of hydrogen-bond acceptors (Lipinski definition) is 5. The fourth-order valence-corrected chi connectivity index (χ4v) is 5.32. The molecule has 1 aromatic carbocycles. The largest absolute Gasteiger partial charge is 0.354 e. The van der Waals surface area contributed by atoms with Crippen molar-refractivity contribution in [3.8, 4) is 0 Å². The van der Waals surface area contributed by atoms with Crippen LogP contribution in [0.4, 0.5) is 5.82 Å². The predicted octanol–water partition coefficient (Wildman–Crippen LogP) is 3.92. The maximum absolute atomic E-state index is 6.45. The summed E-state index contributed by atoms with van der Waals surface area (Å²) >= 11 is 6.45. The molecule has 0 spiro atoms. The minimum absolute atomic E-state index is 0.279. The molecule has 1 aliphatic carbocycles. The van der Waals surface area contributed by atoms with Crippen LogP contribution in [0.15, 0.2) is 30.6 Å². The molecule has 3 heterocycles. The second-order valence-corrected chi connectivity index (χ2v) is 9.06. The van der Waals surface area contributed by atoms with E-state index in [1.807, 2.05) is 12.1 Å². The summed E-state index contributed by atoms with van der Waals surface area (Å²) in [5.74, 6) is 1.17. The Labute approximate surface area is 178 Å². The third-order valence-electron chi connectivity index (χ3n) is 7.12. The van der Waals surface area contributed by atoms with Gasteiger partial charge in [-0.2, -0.15) is 0 Å². The van der Waals surface area contributed by atoms with E-state index in [-0.39, 0.29) is 6.04 Å². The van der Waals surface area contributed by atoms with Gasteiger partial charge < -0.3 is 4.90 Å². The standard InChI is InChI=1S/C23H30ClN5/c1-17(19-7-2-3-8-21(19)24)29-10-9-20-22(15-29)25-16-26-23(20)28-13-11-27(12-14-28)18-5-4-6-18/h2-3,7-8,16-18H,4-6,9-15H2,1H3. The van der Waals surface area contributed by atoms with Crippen LogP contribution >= 0.6 is 11.6 Å². The highest BCUT2D eigenvalue weighted by Gasteiger charge is 2.31. The fourth-order valence-electron chi connectivity index (χ4n) is 5.02. The van der Waals surface area contributed by atoms with Crippen LogP contribution in [0, 0.1) is 0 Å². The number of nitrogens with zero attached hydrogens (tertiary/aromatic N) is 5. The molecule has 1 saturated carbocycles. The van der Waals surface area contributed by atoms with Gasteiger partial charge in [-0.1, -0.05) is 36.2 Å². The Bertz CT molecular complexity index is 860. The van der Waals surface area contributed by atoms with Crippen LogP contribution in [0.5, 0.6) is 0 Å². The minimum atomic E-state index is 0.279. The van der Waals surface area contributed by atoms with E-state index < -0.39 is 0 Å². The summed E-state index contributed by atoms with van der Waals surface area (Å²) in [4.78, 5) is 17.0. The van der Waals surface area contributed by atoms with Gasteiger partial charge in [0.05, 0.1) is 5.69 Å². The molecule has 0 amide bonds. The van der Waals surface area contributed by atoms with Gasteiger partial charge in [-0.15, -0.1) is 0 Å². The summed E-state index contributed by atoms with van der Waals surface area (Å²) < 4.78 is 0. The van der Waals surface area contributed by atoms with Crippen molar-refractivity contribution in [3.05, 3.63) is 52.4 Å². The lowest BCUT2D eigenvalue weighted by Crippen LogP contribution is -2.52. The van der Waals surface area contributed by atoms with Gasteiger partial charge in [-0.3, -0.25) is 9.80 Å². The molecule has 2 fully saturated rings. The van der Waals surface area contributed by atoms with E-state index in [2.05, 4.69) is 38.7 Å². The van der Waals surface area contributed by atoms with Gasteiger partial charge >= 0.3 is 0 Å². The van der Waals surface area contributed by atoms with E-state index in [1.165, 1.54) is 55.0 Å². The maximum Gasteiger partial charge on any atom is 0.135 e. The molecular weight excluding hydrogens is 382 g/mol. The van der Waals surface area contributed by atoms with Gasteiger partial charge in [-0.05, 0) is 37.8 Å². The number of hydrogen-bond donors (Lipinski definition) is 0. The molecule has 29 heavy (non-hydrogen) atoms. The maximum atomic E-state index is 6.45. The van der Waals surface area contributed by atoms with E-state index in [0.29, 0.717) is 0 Å². The van der Waals surface area contributed by atoms with Crippen molar-refractivity contribution >= 4 is 17.4 Å². The van der Waals surface area contributed by atoms with E-state index in [0.717, 1.165) is 43.7 Å². The summed E-state index contributed by atoms with van der Waals surface area (Å²) in [7, 11) is 0. The van der Waals surface area contributed by atoms with Crippen LogP contribution in [0.2, 0.25) is 5.02 Å². The molecule has 2 aliphatic heterocycles. The molecule has 0 N–H and O–H groups in total. The molecule has 1 unspecified atom stereocenters. The first-order valence-electron chi connectivity index (χ1n) is 11.0. The lowest BCUT2D eigenvalue weighted by molar-refractivity contribution is 0.120. The zero-order valence-electron chi connectivity index (χ0n) is 17.2. The third-order valence-corrected chi connectivity index (χ3v) is 7.47. The molecule has 3 aliphatic rings. The SMILES string of the molecule is CC(c1ccccc1Cl)N1CCc2c(ncnc2N2CCN(C3CCC3)CC2)C1. The first-order valence-corrected chi connectivity index (χ1v) is 11.4. The fraction of sp³-hybridized carbons (Fsp3) is 0.565. The summed E-state index contributed by atoms with van der Waals surface area (Å²) in [6.45, 7) is 8.62. The van der Waals surface area contributed by atoms with Crippen molar-refractivity contribution in [2.45, 2.75) is 51.2 Å². The van der Waals surface area contributed by atoms with E-state index in [4.69, 9.17) is 16.6 Å². The summed E-state index contributed by atoms with van der Waals surface area (Å²) in [6, 6.07) is 9.30. The van der Waals surface area contributed by atoms with E-state index in [1.54, 1.807) is 6.33 Å². The Kier molecular flexibility index (Phi) is 5.46. The van der Waals surface area contributed by atoms with Crippen molar-refractivity contribution in [1.82, 2.24) is 19.8 Å². The number of halogens is 1.